The van der Waals surface area contributed by atoms with E-state index < -0.39 is 11.7 Å². The molecule has 1 aliphatic heterocycles. The summed E-state index contributed by atoms with van der Waals surface area (Å²) in [6.45, 7) is 3.48. The molecule has 0 spiro atoms. The minimum Gasteiger partial charge on any atom is -0.394 e. The number of halogens is 3. The Balaban J connectivity index is 2.36. The number of anilines is 1. The first-order chi connectivity index (χ1) is 9.97. The predicted octanol–water partition coefficient (Wildman–Crippen LogP) is 2.78. The monoisotopic (exact) mass is 302 g/mol. The number of hydrogen-bond acceptors (Lipinski definition) is 3. The highest BCUT2D eigenvalue weighted by Gasteiger charge is 2.37. The molecule has 0 radical (unpaired) electrons. The van der Waals surface area contributed by atoms with E-state index in [2.05, 4.69) is 5.32 Å². The molecule has 118 valence electrons. The topological polar surface area (TPSA) is 35.5 Å². The van der Waals surface area contributed by atoms with Crippen LogP contribution in [0.4, 0.5) is 18.9 Å². The lowest BCUT2D eigenvalue weighted by Gasteiger charge is -2.28. The van der Waals surface area contributed by atoms with Crippen LogP contribution >= 0.6 is 0 Å². The van der Waals surface area contributed by atoms with Crippen molar-refractivity contribution in [1.29, 1.82) is 0 Å². The van der Waals surface area contributed by atoms with Gasteiger partial charge < -0.3 is 15.3 Å². The molecule has 1 heterocycles. The maximum Gasteiger partial charge on any atom is 0.418 e. The van der Waals surface area contributed by atoms with E-state index >= 15 is 0 Å². The maximum atomic E-state index is 13.3. The molecule has 0 amide bonds. The van der Waals surface area contributed by atoms with Crippen molar-refractivity contribution in [3.8, 4) is 0 Å². The minimum atomic E-state index is -4.39. The molecule has 1 unspecified atom stereocenters. The van der Waals surface area contributed by atoms with Crippen LogP contribution in [0.15, 0.2) is 18.2 Å². The van der Waals surface area contributed by atoms with Crippen LogP contribution in [0.5, 0.6) is 0 Å². The molecule has 21 heavy (non-hydrogen) atoms. The lowest BCUT2D eigenvalue weighted by Crippen LogP contribution is -2.33. The molecule has 3 nitrogen and oxygen atoms in total. The quantitative estimate of drug-likeness (QED) is 0.878. The van der Waals surface area contributed by atoms with Crippen LogP contribution in [0, 0.1) is 0 Å². The molecule has 1 aromatic rings. The number of nitrogens with zero attached hydrogens (tertiary/aromatic N) is 1. The van der Waals surface area contributed by atoms with Crippen molar-refractivity contribution < 1.29 is 18.3 Å². The minimum absolute atomic E-state index is 0.115. The molecular formula is C15H21F3N2O. The maximum absolute atomic E-state index is 13.3. The van der Waals surface area contributed by atoms with Gasteiger partial charge in [0.25, 0.3) is 0 Å². The molecule has 1 aromatic carbocycles. The van der Waals surface area contributed by atoms with Crippen molar-refractivity contribution >= 4 is 5.69 Å². The van der Waals surface area contributed by atoms with E-state index in [1.807, 2.05) is 6.92 Å². The number of aliphatic hydroxyl groups is 1. The highest BCUT2D eigenvalue weighted by molar-refractivity contribution is 5.58. The van der Waals surface area contributed by atoms with Gasteiger partial charge in [0.1, 0.15) is 0 Å². The third kappa shape index (κ3) is 3.68. The summed E-state index contributed by atoms with van der Waals surface area (Å²) in [5, 5.41) is 12.4. The number of nitrogens with one attached hydrogen (secondary N) is 1. The summed E-state index contributed by atoms with van der Waals surface area (Å²) in [5.41, 5.74) is 0.185. The third-order valence-corrected chi connectivity index (χ3v) is 3.84. The standard InChI is InChI=1S/C15H21F3N2O/c1-2-19-9-11-5-6-14(13(8-11)15(16,17)18)20-7-3-4-12(20)10-21/h5-6,8,12,19,21H,2-4,7,9-10H2,1H3. The Bertz CT molecular complexity index is 476. The fourth-order valence-corrected chi connectivity index (χ4v) is 2.78. The Kier molecular flexibility index (Phi) is 5.11. The van der Waals surface area contributed by atoms with Gasteiger partial charge in [0, 0.05) is 18.8 Å². The SMILES string of the molecule is CCNCc1ccc(N2CCCC2CO)c(C(F)(F)F)c1. The number of benzene rings is 1. The van der Waals surface area contributed by atoms with E-state index in [-0.39, 0.29) is 18.3 Å². The van der Waals surface area contributed by atoms with E-state index in [4.69, 9.17) is 0 Å². The van der Waals surface area contributed by atoms with E-state index in [9.17, 15) is 18.3 Å². The number of rotatable bonds is 5. The van der Waals surface area contributed by atoms with Gasteiger partial charge in [-0.3, -0.25) is 0 Å². The summed E-state index contributed by atoms with van der Waals surface area (Å²) < 4.78 is 40.0. The van der Waals surface area contributed by atoms with Gasteiger partial charge in [-0.2, -0.15) is 13.2 Å². The van der Waals surface area contributed by atoms with Gasteiger partial charge in [-0.05, 0) is 37.1 Å². The van der Waals surface area contributed by atoms with Crippen LogP contribution in [0.2, 0.25) is 0 Å². The van der Waals surface area contributed by atoms with Crippen molar-refractivity contribution in [2.45, 2.75) is 38.5 Å². The number of alkyl halides is 3. The molecule has 0 saturated carbocycles. The van der Waals surface area contributed by atoms with Gasteiger partial charge in [-0.1, -0.05) is 13.0 Å². The molecule has 0 aliphatic carbocycles. The average Bonchev–Trinajstić information content (AvgIpc) is 2.92. The fourth-order valence-electron chi connectivity index (χ4n) is 2.78. The fraction of sp³-hybridized carbons (Fsp3) is 0.600. The van der Waals surface area contributed by atoms with Crippen LogP contribution in [0.1, 0.15) is 30.9 Å². The van der Waals surface area contributed by atoms with Gasteiger partial charge in [-0.15, -0.1) is 0 Å². The molecule has 1 fully saturated rings. The molecule has 1 saturated heterocycles. The smallest absolute Gasteiger partial charge is 0.394 e. The van der Waals surface area contributed by atoms with E-state index in [1.54, 1.807) is 11.0 Å². The second kappa shape index (κ2) is 6.66. The Labute approximate surface area is 122 Å². The zero-order chi connectivity index (χ0) is 15.5. The molecule has 2 N–H and O–H groups in total. The first-order valence-corrected chi connectivity index (χ1v) is 7.25. The summed E-state index contributed by atoms with van der Waals surface area (Å²) in [4.78, 5) is 1.68. The first kappa shape index (κ1) is 16.1. The van der Waals surface area contributed by atoms with Gasteiger partial charge in [0.15, 0.2) is 0 Å². The average molecular weight is 302 g/mol. The molecule has 1 aliphatic rings. The number of aliphatic hydroxyl groups excluding tert-OH is 1. The molecule has 2 rings (SSSR count). The second-order valence-corrected chi connectivity index (χ2v) is 5.30. The van der Waals surface area contributed by atoms with E-state index in [0.29, 0.717) is 25.2 Å². The van der Waals surface area contributed by atoms with Crippen LogP contribution in [-0.2, 0) is 12.7 Å². The second-order valence-electron chi connectivity index (χ2n) is 5.30. The molecular weight excluding hydrogens is 281 g/mol. The predicted molar refractivity (Wildman–Crippen MR) is 76.3 cm³/mol. The van der Waals surface area contributed by atoms with Gasteiger partial charge in [-0.25, -0.2) is 0 Å². The largest absolute Gasteiger partial charge is 0.418 e. The van der Waals surface area contributed by atoms with Crippen molar-refractivity contribution in [1.82, 2.24) is 5.32 Å². The summed E-state index contributed by atoms with van der Waals surface area (Å²) in [5.74, 6) is 0. The van der Waals surface area contributed by atoms with Gasteiger partial charge in [0.2, 0.25) is 0 Å². The van der Waals surface area contributed by atoms with Gasteiger partial charge >= 0.3 is 6.18 Å². The van der Waals surface area contributed by atoms with Crippen molar-refractivity contribution in [2.24, 2.45) is 0 Å². The summed E-state index contributed by atoms with van der Waals surface area (Å²) >= 11 is 0. The Morgan fingerprint density at radius 3 is 2.76 bits per heavy atom. The summed E-state index contributed by atoms with van der Waals surface area (Å²) in [6, 6.07) is 4.25. The number of hydrogen-bond donors (Lipinski definition) is 2. The Hall–Kier alpha value is -1.27. The van der Waals surface area contributed by atoms with Crippen molar-refractivity contribution in [3.63, 3.8) is 0 Å². The van der Waals surface area contributed by atoms with E-state index in [0.717, 1.165) is 12.8 Å². The molecule has 1 atom stereocenters. The van der Waals surface area contributed by atoms with Crippen molar-refractivity contribution in [3.05, 3.63) is 29.3 Å². The molecule has 0 aromatic heterocycles. The summed E-state index contributed by atoms with van der Waals surface area (Å²) in [7, 11) is 0. The Morgan fingerprint density at radius 1 is 1.38 bits per heavy atom. The highest BCUT2D eigenvalue weighted by Crippen LogP contribution is 2.39. The molecule has 6 heteroatoms. The van der Waals surface area contributed by atoms with Gasteiger partial charge in [0.05, 0.1) is 18.2 Å². The lowest BCUT2D eigenvalue weighted by atomic mass is 10.1. The molecule has 0 bridgehead atoms. The van der Waals surface area contributed by atoms with Crippen LogP contribution in [-0.4, -0.2) is 30.8 Å². The summed E-state index contributed by atoms with van der Waals surface area (Å²) in [6.07, 6.45) is -2.85. The highest BCUT2D eigenvalue weighted by atomic mass is 19.4. The van der Waals surface area contributed by atoms with Crippen LogP contribution < -0.4 is 10.2 Å². The van der Waals surface area contributed by atoms with E-state index in [1.165, 1.54) is 12.1 Å². The van der Waals surface area contributed by atoms with Crippen LogP contribution in [0.25, 0.3) is 0 Å². The van der Waals surface area contributed by atoms with Crippen LogP contribution in [0.3, 0.4) is 0 Å². The normalized spacial score (nSPS) is 19.3. The third-order valence-electron chi connectivity index (χ3n) is 3.84. The zero-order valence-electron chi connectivity index (χ0n) is 12.1. The van der Waals surface area contributed by atoms with Crippen molar-refractivity contribution in [2.75, 3.05) is 24.6 Å². The lowest BCUT2D eigenvalue weighted by molar-refractivity contribution is -0.137. The zero-order valence-corrected chi connectivity index (χ0v) is 12.1. The Morgan fingerprint density at radius 2 is 2.14 bits per heavy atom. The first-order valence-electron chi connectivity index (χ1n) is 7.25.